The van der Waals surface area contributed by atoms with Gasteiger partial charge in [0.05, 0.1) is 0 Å². The van der Waals surface area contributed by atoms with Crippen LogP contribution in [0.1, 0.15) is 31.2 Å². The van der Waals surface area contributed by atoms with E-state index in [-0.39, 0.29) is 13.0 Å². The normalized spacial score (nSPS) is 11.2. The van der Waals surface area contributed by atoms with Crippen LogP contribution in [0.3, 0.4) is 0 Å². The van der Waals surface area contributed by atoms with Gasteiger partial charge in [-0.05, 0) is 24.8 Å². The molecule has 0 aliphatic heterocycles. The number of benzene rings is 1. The number of aliphatic carboxylic acids is 2. The second-order valence-electron chi connectivity index (χ2n) is 5.51. The van der Waals surface area contributed by atoms with E-state index >= 15 is 0 Å². The minimum atomic E-state index is -1.33. The molecule has 0 spiro atoms. The summed E-state index contributed by atoms with van der Waals surface area (Å²) in [5, 5.41) is 22.2. The Balaban J connectivity index is 2.18. The van der Waals surface area contributed by atoms with E-state index in [1.807, 2.05) is 30.3 Å². The van der Waals surface area contributed by atoms with Gasteiger partial charge in [-0.1, -0.05) is 30.3 Å². The van der Waals surface area contributed by atoms with Gasteiger partial charge in [0.25, 0.3) is 0 Å². The van der Waals surface area contributed by atoms with Crippen LogP contribution in [0.25, 0.3) is 0 Å². The van der Waals surface area contributed by atoms with Gasteiger partial charge in [0.1, 0.15) is 19.1 Å². The van der Waals surface area contributed by atoms with Gasteiger partial charge in [0.15, 0.2) is 0 Å². The number of alkyl carbamates (subject to hydrolysis) is 1. The SMILES string of the molecule is O=C(O)CC(=O)N[C@@H](CCCCNC(=O)OCc1ccccc1)C(=O)O. The molecule has 9 heteroatoms. The molecule has 26 heavy (non-hydrogen) atoms. The van der Waals surface area contributed by atoms with Crippen LogP contribution in [-0.2, 0) is 25.7 Å². The van der Waals surface area contributed by atoms with Crippen molar-refractivity contribution in [3.8, 4) is 0 Å². The molecule has 1 aromatic rings. The third-order valence-electron chi connectivity index (χ3n) is 3.35. The molecule has 0 saturated heterocycles. The van der Waals surface area contributed by atoms with E-state index in [1.54, 1.807) is 0 Å². The molecule has 142 valence electrons. The predicted octanol–water partition coefficient (Wildman–Crippen LogP) is 1.13. The first-order valence-electron chi connectivity index (χ1n) is 8.07. The van der Waals surface area contributed by atoms with Crippen molar-refractivity contribution in [1.29, 1.82) is 0 Å². The Bertz CT molecular complexity index is 619. The summed E-state index contributed by atoms with van der Waals surface area (Å²) in [6, 6.07) is 8.04. The standard InChI is InChI=1S/C17H22N2O7/c20-14(10-15(21)22)19-13(16(23)24)8-4-5-9-18-17(25)26-11-12-6-2-1-3-7-12/h1-3,6-7,13H,4-5,8-11H2,(H,18,25)(H,19,20)(H,21,22)(H,23,24)/t13-/m0/s1. The minimum Gasteiger partial charge on any atom is -0.481 e. The quantitative estimate of drug-likeness (QED) is 0.340. The molecule has 0 radical (unpaired) electrons. The number of amides is 2. The van der Waals surface area contributed by atoms with Gasteiger partial charge in [0, 0.05) is 6.54 Å². The number of carboxylic acid groups (broad SMARTS) is 2. The number of nitrogens with one attached hydrogen (secondary N) is 2. The fourth-order valence-electron chi connectivity index (χ4n) is 2.08. The Morgan fingerprint density at radius 1 is 1.04 bits per heavy atom. The van der Waals surface area contributed by atoms with Gasteiger partial charge < -0.3 is 25.6 Å². The molecule has 0 aliphatic carbocycles. The van der Waals surface area contributed by atoms with Crippen molar-refractivity contribution in [2.24, 2.45) is 0 Å². The molecule has 0 aliphatic rings. The van der Waals surface area contributed by atoms with E-state index in [0.717, 1.165) is 5.56 Å². The van der Waals surface area contributed by atoms with E-state index in [9.17, 15) is 19.2 Å². The van der Waals surface area contributed by atoms with Crippen LogP contribution in [-0.4, -0.2) is 46.7 Å². The molecular weight excluding hydrogens is 344 g/mol. The molecule has 0 aromatic heterocycles. The van der Waals surface area contributed by atoms with E-state index in [2.05, 4.69) is 10.6 Å². The lowest BCUT2D eigenvalue weighted by molar-refractivity contribution is -0.145. The summed E-state index contributed by atoms with van der Waals surface area (Å²) in [5.41, 5.74) is 0.865. The summed E-state index contributed by atoms with van der Waals surface area (Å²) in [5.74, 6) is -3.42. The minimum absolute atomic E-state index is 0.126. The van der Waals surface area contributed by atoms with Crippen molar-refractivity contribution in [2.45, 2.75) is 38.3 Å². The summed E-state index contributed by atoms with van der Waals surface area (Å²) < 4.78 is 5.03. The summed E-state index contributed by atoms with van der Waals surface area (Å²) in [4.78, 5) is 44.3. The van der Waals surface area contributed by atoms with E-state index in [1.165, 1.54) is 0 Å². The maximum atomic E-state index is 11.5. The predicted molar refractivity (Wildman–Crippen MR) is 90.3 cm³/mol. The zero-order valence-electron chi connectivity index (χ0n) is 14.1. The van der Waals surface area contributed by atoms with Crippen LogP contribution in [0.2, 0.25) is 0 Å². The van der Waals surface area contributed by atoms with E-state index < -0.39 is 36.4 Å². The third kappa shape index (κ3) is 9.26. The summed E-state index contributed by atoms with van der Waals surface area (Å²) in [6.07, 6.45) is -0.319. The van der Waals surface area contributed by atoms with Crippen LogP contribution < -0.4 is 10.6 Å². The van der Waals surface area contributed by atoms with Gasteiger partial charge in [-0.2, -0.15) is 0 Å². The van der Waals surface area contributed by atoms with Crippen molar-refractivity contribution in [1.82, 2.24) is 10.6 Å². The molecule has 2 amide bonds. The first kappa shape index (κ1) is 20.9. The van der Waals surface area contributed by atoms with Gasteiger partial charge in [-0.25, -0.2) is 9.59 Å². The first-order chi connectivity index (χ1) is 12.4. The largest absolute Gasteiger partial charge is 0.481 e. The Morgan fingerprint density at radius 2 is 1.73 bits per heavy atom. The summed E-state index contributed by atoms with van der Waals surface area (Å²) in [6.45, 7) is 0.451. The van der Waals surface area contributed by atoms with Crippen LogP contribution in [0.5, 0.6) is 0 Å². The molecular formula is C17H22N2O7. The average molecular weight is 366 g/mol. The Kier molecular flexibility index (Phi) is 9.23. The zero-order chi connectivity index (χ0) is 19.4. The van der Waals surface area contributed by atoms with Crippen LogP contribution in [0.4, 0.5) is 4.79 Å². The molecule has 0 heterocycles. The van der Waals surface area contributed by atoms with Gasteiger partial charge >= 0.3 is 18.0 Å². The monoisotopic (exact) mass is 366 g/mol. The topological polar surface area (TPSA) is 142 Å². The average Bonchev–Trinajstić information content (AvgIpc) is 2.58. The number of hydrogen-bond donors (Lipinski definition) is 4. The highest BCUT2D eigenvalue weighted by Crippen LogP contribution is 2.03. The molecule has 0 fully saturated rings. The van der Waals surface area contributed by atoms with E-state index in [0.29, 0.717) is 19.4 Å². The molecule has 0 saturated carbocycles. The molecule has 1 rings (SSSR count). The number of ether oxygens (including phenoxy) is 1. The maximum Gasteiger partial charge on any atom is 0.407 e. The first-order valence-corrected chi connectivity index (χ1v) is 8.07. The number of carboxylic acids is 2. The van der Waals surface area contributed by atoms with Gasteiger partial charge in [-0.3, -0.25) is 9.59 Å². The van der Waals surface area contributed by atoms with Crippen molar-refractivity contribution in [3.05, 3.63) is 35.9 Å². The highest BCUT2D eigenvalue weighted by atomic mass is 16.5. The van der Waals surface area contributed by atoms with Crippen LogP contribution in [0.15, 0.2) is 30.3 Å². The van der Waals surface area contributed by atoms with E-state index in [4.69, 9.17) is 14.9 Å². The molecule has 0 bridgehead atoms. The smallest absolute Gasteiger partial charge is 0.407 e. The molecule has 9 nitrogen and oxygen atoms in total. The van der Waals surface area contributed by atoms with Crippen molar-refractivity contribution >= 4 is 23.9 Å². The highest BCUT2D eigenvalue weighted by Gasteiger charge is 2.20. The lowest BCUT2D eigenvalue weighted by atomic mass is 10.1. The Labute approximate surface area is 150 Å². The highest BCUT2D eigenvalue weighted by molar-refractivity contribution is 5.95. The number of rotatable bonds is 11. The summed E-state index contributed by atoms with van der Waals surface area (Å²) >= 11 is 0. The van der Waals surface area contributed by atoms with Gasteiger partial charge in [-0.15, -0.1) is 0 Å². The number of carbonyl (C=O) groups is 4. The lowest BCUT2D eigenvalue weighted by Crippen LogP contribution is -2.41. The fraction of sp³-hybridized carbons (Fsp3) is 0.412. The number of hydrogen-bond acceptors (Lipinski definition) is 5. The third-order valence-corrected chi connectivity index (χ3v) is 3.35. The molecule has 1 aromatic carbocycles. The molecule has 0 unspecified atom stereocenters. The Morgan fingerprint density at radius 3 is 2.35 bits per heavy atom. The lowest BCUT2D eigenvalue weighted by Gasteiger charge is -2.14. The van der Waals surface area contributed by atoms with Crippen LogP contribution >= 0.6 is 0 Å². The Hall–Kier alpha value is -3.10. The van der Waals surface area contributed by atoms with Crippen molar-refractivity contribution in [2.75, 3.05) is 6.54 Å². The van der Waals surface area contributed by atoms with Crippen LogP contribution in [0, 0.1) is 0 Å². The second kappa shape index (κ2) is 11.5. The van der Waals surface area contributed by atoms with Crippen molar-refractivity contribution < 1.29 is 34.1 Å². The van der Waals surface area contributed by atoms with Crippen molar-refractivity contribution in [3.63, 3.8) is 0 Å². The zero-order valence-corrected chi connectivity index (χ0v) is 14.1. The maximum absolute atomic E-state index is 11.5. The number of carbonyl (C=O) groups excluding carboxylic acids is 2. The molecule has 4 N–H and O–H groups in total. The summed E-state index contributed by atoms with van der Waals surface area (Å²) in [7, 11) is 0. The number of unbranched alkanes of at least 4 members (excludes halogenated alkanes) is 1. The molecule has 1 atom stereocenters. The fourth-order valence-corrected chi connectivity index (χ4v) is 2.08. The second-order valence-corrected chi connectivity index (χ2v) is 5.51. The van der Waals surface area contributed by atoms with Gasteiger partial charge in [0.2, 0.25) is 5.91 Å².